The molecule has 1 fully saturated rings. The molecule has 0 spiro atoms. The lowest BCUT2D eigenvalue weighted by Crippen LogP contribution is -2.45. The lowest BCUT2D eigenvalue weighted by molar-refractivity contribution is -0.0438. The highest BCUT2D eigenvalue weighted by molar-refractivity contribution is 5.82. The fourth-order valence-electron chi connectivity index (χ4n) is 2.58. The largest absolute Gasteiger partial charge is 0.409 e. The van der Waals surface area contributed by atoms with E-state index < -0.39 is 5.92 Å². The van der Waals surface area contributed by atoms with Gasteiger partial charge in [0.25, 0.3) is 5.92 Å². The number of hydrogen-bond donors (Lipinski definition) is 2. The molecule has 6 heteroatoms. The minimum atomic E-state index is -2.89. The first kappa shape index (κ1) is 14.7. The number of alkyl halides is 2. The van der Waals surface area contributed by atoms with Gasteiger partial charge in [0.05, 0.1) is 6.54 Å². The first-order valence-electron chi connectivity index (χ1n) is 6.66. The zero-order valence-corrected chi connectivity index (χ0v) is 11.2. The average molecular weight is 283 g/mol. The molecule has 110 valence electrons. The van der Waals surface area contributed by atoms with Crippen molar-refractivity contribution in [3.63, 3.8) is 0 Å². The van der Waals surface area contributed by atoms with Crippen molar-refractivity contribution in [3.8, 4) is 0 Å². The second-order valence-corrected chi connectivity index (χ2v) is 5.17. The summed E-state index contributed by atoms with van der Waals surface area (Å²) in [6, 6.07) is 7.81. The van der Waals surface area contributed by atoms with Crippen molar-refractivity contribution in [2.75, 3.05) is 19.6 Å². The van der Waals surface area contributed by atoms with Crippen molar-refractivity contribution in [3.05, 3.63) is 35.9 Å². The van der Waals surface area contributed by atoms with E-state index in [-0.39, 0.29) is 23.9 Å². The molecule has 1 unspecified atom stereocenters. The van der Waals surface area contributed by atoms with Crippen LogP contribution in [0.25, 0.3) is 0 Å². The predicted octanol–water partition coefficient (Wildman–Crippen LogP) is 2.24. The van der Waals surface area contributed by atoms with Gasteiger partial charge in [-0.3, -0.25) is 4.90 Å². The standard InChI is InChI=1S/C14H19F2N3O/c15-14(16,12-6-2-1-3-7-12)10-19-8-4-5-11(9-19)13(17)18-20/h1-3,6-7,11,20H,4-5,8-10H2,(H2,17,18). The predicted molar refractivity (Wildman–Crippen MR) is 72.9 cm³/mol. The Morgan fingerprint density at radius 1 is 1.40 bits per heavy atom. The lowest BCUT2D eigenvalue weighted by atomic mass is 9.96. The molecule has 1 atom stereocenters. The zero-order chi connectivity index (χ0) is 14.6. The van der Waals surface area contributed by atoms with Gasteiger partial charge in [-0.05, 0) is 19.4 Å². The Balaban J connectivity index is 2.02. The van der Waals surface area contributed by atoms with Gasteiger partial charge in [0.15, 0.2) is 0 Å². The Morgan fingerprint density at radius 2 is 2.10 bits per heavy atom. The molecule has 1 heterocycles. The van der Waals surface area contributed by atoms with Crippen LogP contribution in [0.4, 0.5) is 8.78 Å². The number of amidine groups is 1. The molecule has 3 N–H and O–H groups in total. The number of piperidine rings is 1. The van der Waals surface area contributed by atoms with Gasteiger partial charge < -0.3 is 10.9 Å². The van der Waals surface area contributed by atoms with Gasteiger partial charge in [0.2, 0.25) is 0 Å². The third-order valence-electron chi connectivity index (χ3n) is 3.66. The molecule has 0 bridgehead atoms. The molecule has 0 saturated carbocycles. The molecule has 4 nitrogen and oxygen atoms in total. The molecular weight excluding hydrogens is 264 g/mol. The van der Waals surface area contributed by atoms with E-state index in [4.69, 9.17) is 10.9 Å². The van der Waals surface area contributed by atoms with E-state index in [9.17, 15) is 8.78 Å². The third-order valence-corrected chi connectivity index (χ3v) is 3.66. The van der Waals surface area contributed by atoms with Crippen LogP contribution >= 0.6 is 0 Å². The molecule has 0 radical (unpaired) electrons. The maximum Gasteiger partial charge on any atom is 0.285 e. The summed E-state index contributed by atoms with van der Waals surface area (Å²) in [5, 5.41) is 11.7. The van der Waals surface area contributed by atoms with E-state index in [1.165, 1.54) is 12.1 Å². The van der Waals surface area contributed by atoms with Crippen molar-refractivity contribution in [1.29, 1.82) is 0 Å². The van der Waals surface area contributed by atoms with Crippen LogP contribution in [0.15, 0.2) is 35.5 Å². The van der Waals surface area contributed by atoms with Gasteiger partial charge in [-0.15, -0.1) is 0 Å². The first-order chi connectivity index (χ1) is 9.53. The Labute approximate surface area is 116 Å². The van der Waals surface area contributed by atoms with Crippen LogP contribution in [0.1, 0.15) is 18.4 Å². The number of likely N-dealkylation sites (tertiary alicyclic amines) is 1. The van der Waals surface area contributed by atoms with Gasteiger partial charge >= 0.3 is 0 Å². The van der Waals surface area contributed by atoms with Crippen molar-refractivity contribution < 1.29 is 14.0 Å². The molecule has 0 aliphatic carbocycles. The monoisotopic (exact) mass is 283 g/mol. The van der Waals surface area contributed by atoms with Crippen molar-refractivity contribution >= 4 is 5.84 Å². The normalized spacial score (nSPS) is 21.9. The van der Waals surface area contributed by atoms with Crippen molar-refractivity contribution in [1.82, 2.24) is 4.90 Å². The van der Waals surface area contributed by atoms with Crippen LogP contribution in [0.2, 0.25) is 0 Å². The SMILES string of the molecule is N/C(=N/O)C1CCCN(CC(F)(F)c2ccccc2)C1. The Kier molecular flexibility index (Phi) is 4.54. The molecular formula is C14H19F2N3O. The quantitative estimate of drug-likeness (QED) is 0.385. The second kappa shape index (κ2) is 6.17. The lowest BCUT2D eigenvalue weighted by Gasteiger charge is -2.34. The Morgan fingerprint density at radius 3 is 2.75 bits per heavy atom. The highest BCUT2D eigenvalue weighted by Crippen LogP contribution is 2.30. The molecule has 0 aromatic heterocycles. The van der Waals surface area contributed by atoms with E-state index in [0.717, 1.165) is 12.8 Å². The fraction of sp³-hybridized carbons (Fsp3) is 0.500. The molecule has 1 aliphatic heterocycles. The Bertz CT molecular complexity index is 465. The fourth-order valence-corrected chi connectivity index (χ4v) is 2.58. The molecule has 1 aliphatic rings. The van der Waals surface area contributed by atoms with Crippen LogP contribution in [0, 0.1) is 5.92 Å². The summed E-state index contributed by atoms with van der Waals surface area (Å²) in [6.07, 6.45) is 1.54. The number of nitrogens with zero attached hydrogens (tertiary/aromatic N) is 2. The Hall–Kier alpha value is -1.69. The van der Waals surface area contributed by atoms with Gasteiger partial charge in [0, 0.05) is 18.0 Å². The van der Waals surface area contributed by atoms with Crippen LogP contribution in [-0.4, -0.2) is 35.6 Å². The smallest absolute Gasteiger partial charge is 0.285 e. The van der Waals surface area contributed by atoms with Crippen LogP contribution in [-0.2, 0) is 5.92 Å². The molecule has 0 amide bonds. The first-order valence-corrected chi connectivity index (χ1v) is 6.66. The number of rotatable bonds is 4. The van der Waals surface area contributed by atoms with Gasteiger partial charge in [-0.1, -0.05) is 35.5 Å². The number of nitrogens with two attached hydrogens (primary N) is 1. The molecule has 2 rings (SSSR count). The highest BCUT2D eigenvalue weighted by atomic mass is 19.3. The number of halogens is 2. The minimum absolute atomic E-state index is 0.0194. The van der Waals surface area contributed by atoms with Crippen molar-refractivity contribution in [2.45, 2.75) is 18.8 Å². The van der Waals surface area contributed by atoms with E-state index in [1.54, 1.807) is 23.1 Å². The summed E-state index contributed by atoms with van der Waals surface area (Å²) in [5.74, 6) is -2.92. The summed E-state index contributed by atoms with van der Waals surface area (Å²) < 4.78 is 28.4. The summed E-state index contributed by atoms with van der Waals surface area (Å²) >= 11 is 0. The molecule has 1 aromatic carbocycles. The highest BCUT2D eigenvalue weighted by Gasteiger charge is 2.35. The van der Waals surface area contributed by atoms with E-state index >= 15 is 0 Å². The van der Waals surface area contributed by atoms with Gasteiger partial charge in [-0.25, -0.2) is 0 Å². The maximum atomic E-state index is 14.2. The summed E-state index contributed by atoms with van der Waals surface area (Å²) in [6.45, 7) is 0.669. The van der Waals surface area contributed by atoms with E-state index in [1.807, 2.05) is 0 Å². The summed E-state index contributed by atoms with van der Waals surface area (Å²) in [4.78, 5) is 1.68. The number of hydrogen-bond acceptors (Lipinski definition) is 3. The van der Waals surface area contributed by atoms with Crippen LogP contribution in [0.5, 0.6) is 0 Å². The van der Waals surface area contributed by atoms with E-state index in [2.05, 4.69) is 5.16 Å². The summed E-state index contributed by atoms with van der Waals surface area (Å²) in [7, 11) is 0. The average Bonchev–Trinajstić information content (AvgIpc) is 2.47. The summed E-state index contributed by atoms with van der Waals surface area (Å²) in [5.41, 5.74) is 5.59. The number of oxime groups is 1. The van der Waals surface area contributed by atoms with E-state index in [0.29, 0.717) is 13.1 Å². The number of benzene rings is 1. The third kappa shape index (κ3) is 3.45. The second-order valence-electron chi connectivity index (χ2n) is 5.17. The topological polar surface area (TPSA) is 61.9 Å². The van der Waals surface area contributed by atoms with Crippen LogP contribution < -0.4 is 5.73 Å². The molecule has 1 aromatic rings. The molecule has 20 heavy (non-hydrogen) atoms. The molecule has 1 saturated heterocycles. The van der Waals surface area contributed by atoms with Gasteiger partial charge in [-0.2, -0.15) is 8.78 Å². The van der Waals surface area contributed by atoms with Crippen LogP contribution in [0.3, 0.4) is 0 Å². The van der Waals surface area contributed by atoms with Crippen molar-refractivity contribution in [2.24, 2.45) is 16.8 Å². The minimum Gasteiger partial charge on any atom is -0.409 e. The zero-order valence-electron chi connectivity index (χ0n) is 11.2. The van der Waals surface area contributed by atoms with Gasteiger partial charge in [0.1, 0.15) is 5.84 Å². The maximum absolute atomic E-state index is 14.2.